The molecule has 4 nitrogen and oxygen atoms in total. The van der Waals surface area contributed by atoms with E-state index in [1.54, 1.807) is 0 Å². The molecule has 0 saturated heterocycles. The van der Waals surface area contributed by atoms with Gasteiger partial charge in [-0.1, -0.05) is 36.4 Å². The van der Waals surface area contributed by atoms with Crippen molar-refractivity contribution in [2.45, 2.75) is 6.42 Å². The Kier molecular flexibility index (Phi) is 2.57. The summed E-state index contributed by atoms with van der Waals surface area (Å²) in [7, 11) is 0. The number of fused-ring (bicyclic) bond motifs is 5. The molecule has 4 rings (SSSR count). The fourth-order valence-electron chi connectivity index (χ4n) is 3.08. The number of aromatic nitrogens is 1. The zero-order valence-electron chi connectivity index (χ0n) is 11.3. The summed E-state index contributed by atoms with van der Waals surface area (Å²) in [4.78, 5) is 15.7. The monoisotopic (exact) mass is 278 g/mol. The molecule has 0 fully saturated rings. The summed E-state index contributed by atoms with van der Waals surface area (Å²) < 4.78 is 0. The van der Waals surface area contributed by atoms with Crippen LogP contribution in [0.15, 0.2) is 42.6 Å². The van der Waals surface area contributed by atoms with E-state index in [2.05, 4.69) is 28.5 Å². The van der Waals surface area contributed by atoms with E-state index in [1.165, 1.54) is 5.39 Å². The van der Waals surface area contributed by atoms with Crippen LogP contribution in [0.4, 0.5) is 5.69 Å². The highest BCUT2D eigenvalue weighted by Crippen LogP contribution is 2.34. The molecule has 2 aromatic carbocycles. The van der Waals surface area contributed by atoms with Gasteiger partial charge < -0.3 is 10.4 Å². The van der Waals surface area contributed by atoms with Gasteiger partial charge in [0.25, 0.3) is 0 Å². The number of aliphatic carboxylic acids is 1. The molecule has 1 aliphatic heterocycles. The highest BCUT2D eigenvalue weighted by Gasteiger charge is 2.25. The SMILES string of the molecule is O=C(O)C1CNc2c(ccc3c2ncc2ccccc23)C1. The summed E-state index contributed by atoms with van der Waals surface area (Å²) in [6.07, 6.45) is 2.44. The number of pyridine rings is 1. The number of hydrogen-bond acceptors (Lipinski definition) is 3. The molecule has 0 spiro atoms. The number of carboxylic acids is 1. The van der Waals surface area contributed by atoms with Gasteiger partial charge in [-0.2, -0.15) is 0 Å². The molecule has 2 N–H and O–H groups in total. The maximum absolute atomic E-state index is 11.1. The molecule has 104 valence electrons. The fourth-order valence-corrected chi connectivity index (χ4v) is 3.08. The van der Waals surface area contributed by atoms with Crippen molar-refractivity contribution >= 4 is 33.3 Å². The van der Waals surface area contributed by atoms with Crippen LogP contribution in [0.3, 0.4) is 0 Å². The van der Waals surface area contributed by atoms with Crippen molar-refractivity contribution in [1.82, 2.24) is 4.98 Å². The van der Waals surface area contributed by atoms with Crippen LogP contribution < -0.4 is 5.32 Å². The van der Waals surface area contributed by atoms with Crippen molar-refractivity contribution in [3.05, 3.63) is 48.2 Å². The number of rotatable bonds is 1. The second-order valence-electron chi connectivity index (χ2n) is 5.46. The highest BCUT2D eigenvalue weighted by molar-refractivity contribution is 6.09. The maximum atomic E-state index is 11.1. The third kappa shape index (κ3) is 1.83. The average Bonchev–Trinajstić information content (AvgIpc) is 2.53. The first kappa shape index (κ1) is 12.1. The summed E-state index contributed by atoms with van der Waals surface area (Å²) in [6, 6.07) is 12.2. The van der Waals surface area contributed by atoms with Gasteiger partial charge in [-0.05, 0) is 17.4 Å². The van der Waals surface area contributed by atoms with Gasteiger partial charge in [0.2, 0.25) is 0 Å². The van der Waals surface area contributed by atoms with Crippen molar-refractivity contribution in [2.75, 3.05) is 11.9 Å². The first-order valence-corrected chi connectivity index (χ1v) is 7.00. The Morgan fingerprint density at radius 3 is 2.90 bits per heavy atom. The topological polar surface area (TPSA) is 62.2 Å². The number of benzene rings is 2. The second kappa shape index (κ2) is 4.45. The quantitative estimate of drug-likeness (QED) is 0.672. The van der Waals surface area contributed by atoms with Crippen molar-refractivity contribution in [3.8, 4) is 0 Å². The molecule has 1 aromatic heterocycles. The summed E-state index contributed by atoms with van der Waals surface area (Å²) >= 11 is 0. The molecule has 0 aliphatic carbocycles. The van der Waals surface area contributed by atoms with E-state index in [-0.39, 0.29) is 5.92 Å². The lowest BCUT2D eigenvalue weighted by atomic mass is 9.92. The van der Waals surface area contributed by atoms with Crippen LogP contribution in [-0.4, -0.2) is 22.6 Å². The van der Waals surface area contributed by atoms with Crippen LogP contribution in [0, 0.1) is 5.92 Å². The largest absolute Gasteiger partial charge is 0.481 e. The lowest BCUT2D eigenvalue weighted by Gasteiger charge is -2.24. The Hall–Kier alpha value is -2.62. The zero-order chi connectivity index (χ0) is 14.4. The molecule has 1 atom stereocenters. The Labute approximate surface area is 121 Å². The summed E-state index contributed by atoms with van der Waals surface area (Å²) in [5, 5.41) is 15.8. The zero-order valence-corrected chi connectivity index (χ0v) is 11.3. The lowest BCUT2D eigenvalue weighted by molar-refractivity contribution is -0.141. The van der Waals surface area contributed by atoms with Crippen molar-refractivity contribution in [2.24, 2.45) is 5.92 Å². The van der Waals surface area contributed by atoms with E-state index in [1.807, 2.05) is 24.4 Å². The smallest absolute Gasteiger partial charge is 0.308 e. The molecular weight excluding hydrogens is 264 g/mol. The fraction of sp³-hybridized carbons (Fsp3) is 0.176. The van der Waals surface area contributed by atoms with E-state index in [0.717, 1.165) is 27.5 Å². The molecule has 3 aromatic rings. The minimum absolute atomic E-state index is 0.365. The molecule has 21 heavy (non-hydrogen) atoms. The first-order chi connectivity index (χ1) is 10.2. The van der Waals surface area contributed by atoms with Crippen LogP contribution in [0.5, 0.6) is 0 Å². The third-order valence-electron chi connectivity index (χ3n) is 4.19. The Bertz CT molecular complexity index is 873. The molecule has 0 bridgehead atoms. The first-order valence-electron chi connectivity index (χ1n) is 7.00. The Morgan fingerprint density at radius 1 is 1.19 bits per heavy atom. The number of carboxylic acid groups (broad SMARTS) is 1. The summed E-state index contributed by atoms with van der Waals surface area (Å²) in [6.45, 7) is 0.454. The molecule has 0 amide bonds. The number of hydrogen-bond donors (Lipinski definition) is 2. The molecule has 2 heterocycles. The molecule has 1 aliphatic rings. The molecule has 0 saturated carbocycles. The van der Waals surface area contributed by atoms with Gasteiger partial charge in [-0.15, -0.1) is 0 Å². The van der Waals surface area contributed by atoms with E-state index in [0.29, 0.717) is 13.0 Å². The van der Waals surface area contributed by atoms with Crippen LogP contribution >= 0.6 is 0 Å². The normalized spacial score (nSPS) is 17.4. The molecule has 0 radical (unpaired) electrons. The van der Waals surface area contributed by atoms with Gasteiger partial charge in [0.05, 0.1) is 17.1 Å². The Morgan fingerprint density at radius 2 is 2.05 bits per heavy atom. The minimum atomic E-state index is -0.750. The number of carbonyl (C=O) groups is 1. The summed E-state index contributed by atoms with van der Waals surface area (Å²) in [5.41, 5.74) is 2.94. The van der Waals surface area contributed by atoms with Crippen LogP contribution in [0.2, 0.25) is 0 Å². The highest BCUT2D eigenvalue weighted by atomic mass is 16.4. The Balaban J connectivity index is 1.95. The minimum Gasteiger partial charge on any atom is -0.481 e. The van der Waals surface area contributed by atoms with Gasteiger partial charge in [0.15, 0.2) is 0 Å². The second-order valence-corrected chi connectivity index (χ2v) is 5.46. The van der Waals surface area contributed by atoms with Gasteiger partial charge >= 0.3 is 5.97 Å². The van der Waals surface area contributed by atoms with Crippen molar-refractivity contribution < 1.29 is 9.90 Å². The predicted molar refractivity (Wildman–Crippen MR) is 82.6 cm³/mol. The number of nitrogens with zero attached hydrogens (tertiary/aromatic N) is 1. The van der Waals surface area contributed by atoms with Crippen LogP contribution in [0.1, 0.15) is 5.56 Å². The van der Waals surface area contributed by atoms with Crippen molar-refractivity contribution in [3.63, 3.8) is 0 Å². The number of anilines is 1. The lowest BCUT2D eigenvalue weighted by Crippen LogP contribution is -2.29. The van der Waals surface area contributed by atoms with E-state index < -0.39 is 5.97 Å². The van der Waals surface area contributed by atoms with Crippen LogP contribution in [0.25, 0.3) is 21.7 Å². The molecular formula is C17H14N2O2. The standard InChI is InChI=1S/C17H14N2O2/c20-17(21)12-7-10-5-6-14-13-4-2-1-3-11(13)8-19-16(14)15(10)18-9-12/h1-6,8,12,18H,7,9H2,(H,20,21). The van der Waals surface area contributed by atoms with E-state index >= 15 is 0 Å². The van der Waals surface area contributed by atoms with Crippen molar-refractivity contribution in [1.29, 1.82) is 0 Å². The maximum Gasteiger partial charge on any atom is 0.308 e. The third-order valence-corrected chi connectivity index (χ3v) is 4.19. The number of nitrogens with one attached hydrogen (secondary N) is 1. The molecule has 1 unspecified atom stereocenters. The molecule has 4 heteroatoms. The van der Waals surface area contributed by atoms with Gasteiger partial charge in [0, 0.05) is 23.5 Å². The van der Waals surface area contributed by atoms with Gasteiger partial charge in [-0.25, -0.2) is 0 Å². The van der Waals surface area contributed by atoms with Gasteiger partial charge in [-0.3, -0.25) is 9.78 Å². The predicted octanol–water partition coefficient (Wildman–Crippen LogP) is 3.06. The summed E-state index contributed by atoms with van der Waals surface area (Å²) in [5.74, 6) is -1.12. The van der Waals surface area contributed by atoms with Gasteiger partial charge in [0.1, 0.15) is 0 Å². The average molecular weight is 278 g/mol. The van der Waals surface area contributed by atoms with E-state index in [4.69, 9.17) is 5.11 Å². The van der Waals surface area contributed by atoms with Crippen LogP contribution in [-0.2, 0) is 11.2 Å². The van der Waals surface area contributed by atoms with E-state index in [9.17, 15) is 4.79 Å².